The molecule has 1 aromatic heterocycles. The van der Waals surface area contributed by atoms with Crippen LogP contribution < -0.4 is 5.32 Å². The van der Waals surface area contributed by atoms with Crippen LogP contribution in [-0.4, -0.2) is 5.91 Å². The second-order valence-corrected chi connectivity index (χ2v) is 3.69. The SMILES string of the molecule is CCCc1sccc1NC(C)=O. The molecule has 0 saturated heterocycles. The summed E-state index contributed by atoms with van der Waals surface area (Å²) in [6, 6.07) is 1.96. The summed E-state index contributed by atoms with van der Waals surface area (Å²) in [7, 11) is 0. The van der Waals surface area contributed by atoms with Gasteiger partial charge in [0.1, 0.15) is 0 Å². The highest BCUT2D eigenvalue weighted by Crippen LogP contribution is 2.23. The van der Waals surface area contributed by atoms with Crippen LogP contribution in [0.3, 0.4) is 0 Å². The van der Waals surface area contributed by atoms with E-state index in [1.807, 2.05) is 11.4 Å². The Kier molecular flexibility index (Phi) is 3.29. The largest absolute Gasteiger partial charge is 0.325 e. The summed E-state index contributed by atoms with van der Waals surface area (Å²) >= 11 is 1.70. The molecule has 0 atom stereocenters. The number of anilines is 1. The molecule has 2 nitrogen and oxygen atoms in total. The van der Waals surface area contributed by atoms with Gasteiger partial charge in [0, 0.05) is 11.8 Å². The summed E-state index contributed by atoms with van der Waals surface area (Å²) in [5.74, 6) is 0.00533. The van der Waals surface area contributed by atoms with Gasteiger partial charge in [0.25, 0.3) is 0 Å². The van der Waals surface area contributed by atoms with Crippen LogP contribution in [0.25, 0.3) is 0 Å². The van der Waals surface area contributed by atoms with E-state index in [1.165, 1.54) is 11.8 Å². The first-order chi connectivity index (χ1) is 5.74. The Bertz CT molecular complexity index is 267. The van der Waals surface area contributed by atoms with Gasteiger partial charge >= 0.3 is 0 Å². The molecule has 0 bridgehead atoms. The Labute approximate surface area is 76.6 Å². The lowest BCUT2D eigenvalue weighted by atomic mass is 10.2. The van der Waals surface area contributed by atoms with Crippen molar-refractivity contribution in [2.45, 2.75) is 26.7 Å². The maximum atomic E-state index is 10.8. The molecule has 0 saturated carbocycles. The molecule has 0 aliphatic heterocycles. The molecule has 3 heteroatoms. The maximum absolute atomic E-state index is 10.8. The number of rotatable bonds is 3. The van der Waals surface area contributed by atoms with Gasteiger partial charge in [-0.05, 0) is 17.9 Å². The maximum Gasteiger partial charge on any atom is 0.221 e. The summed E-state index contributed by atoms with van der Waals surface area (Å²) in [5.41, 5.74) is 0.981. The van der Waals surface area contributed by atoms with E-state index in [4.69, 9.17) is 0 Å². The number of thiophene rings is 1. The predicted molar refractivity (Wildman–Crippen MR) is 52.6 cm³/mol. The van der Waals surface area contributed by atoms with Crippen molar-refractivity contribution in [2.75, 3.05) is 5.32 Å². The number of carbonyl (C=O) groups excluding carboxylic acids is 1. The van der Waals surface area contributed by atoms with Crippen LogP contribution in [0, 0.1) is 0 Å². The van der Waals surface area contributed by atoms with Gasteiger partial charge in [-0.2, -0.15) is 0 Å². The van der Waals surface area contributed by atoms with Gasteiger partial charge in [-0.15, -0.1) is 11.3 Å². The van der Waals surface area contributed by atoms with Gasteiger partial charge in [-0.25, -0.2) is 0 Å². The molecule has 0 unspecified atom stereocenters. The van der Waals surface area contributed by atoms with Crippen LogP contribution in [0.2, 0.25) is 0 Å². The molecule has 0 fully saturated rings. The van der Waals surface area contributed by atoms with E-state index in [1.54, 1.807) is 11.3 Å². The van der Waals surface area contributed by atoms with Crippen LogP contribution in [0.1, 0.15) is 25.1 Å². The van der Waals surface area contributed by atoms with E-state index in [9.17, 15) is 4.79 Å². The van der Waals surface area contributed by atoms with Crippen molar-refractivity contribution in [3.05, 3.63) is 16.3 Å². The minimum absolute atomic E-state index is 0.00533. The van der Waals surface area contributed by atoms with Gasteiger partial charge in [-0.1, -0.05) is 13.3 Å². The number of amides is 1. The molecule has 0 spiro atoms. The minimum atomic E-state index is 0.00533. The fraction of sp³-hybridized carbons (Fsp3) is 0.444. The Morgan fingerprint density at radius 1 is 1.67 bits per heavy atom. The van der Waals surface area contributed by atoms with Crippen LogP contribution in [0.4, 0.5) is 5.69 Å². The number of hydrogen-bond acceptors (Lipinski definition) is 2. The highest BCUT2D eigenvalue weighted by Gasteiger charge is 2.03. The second-order valence-electron chi connectivity index (χ2n) is 2.69. The zero-order valence-corrected chi connectivity index (χ0v) is 8.20. The third-order valence-corrected chi connectivity index (χ3v) is 2.51. The summed E-state index contributed by atoms with van der Waals surface area (Å²) in [5, 5.41) is 4.82. The molecule has 1 amide bonds. The molecule has 0 radical (unpaired) electrons. The molecule has 0 aromatic carbocycles. The summed E-state index contributed by atoms with van der Waals surface area (Å²) in [6.45, 7) is 3.67. The van der Waals surface area contributed by atoms with Crippen molar-refractivity contribution >= 4 is 22.9 Å². The van der Waals surface area contributed by atoms with Crippen molar-refractivity contribution < 1.29 is 4.79 Å². The first-order valence-corrected chi connectivity index (χ1v) is 4.96. The molecule has 66 valence electrons. The molecular formula is C9H13NOS. The Morgan fingerprint density at radius 3 is 3.00 bits per heavy atom. The fourth-order valence-electron chi connectivity index (χ4n) is 1.06. The van der Waals surface area contributed by atoms with Crippen LogP contribution in [-0.2, 0) is 11.2 Å². The smallest absolute Gasteiger partial charge is 0.221 e. The Balaban J connectivity index is 2.69. The molecule has 0 aliphatic rings. The Morgan fingerprint density at radius 2 is 2.42 bits per heavy atom. The van der Waals surface area contributed by atoms with Gasteiger partial charge in [0.05, 0.1) is 5.69 Å². The molecule has 1 rings (SSSR count). The predicted octanol–water partition coefficient (Wildman–Crippen LogP) is 2.66. The van der Waals surface area contributed by atoms with Gasteiger partial charge < -0.3 is 5.32 Å². The van der Waals surface area contributed by atoms with Crippen molar-refractivity contribution in [1.29, 1.82) is 0 Å². The van der Waals surface area contributed by atoms with Crippen molar-refractivity contribution in [2.24, 2.45) is 0 Å². The third-order valence-electron chi connectivity index (χ3n) is 1.53. The molecule has 1 heterocycles. The highest BCUT2D eigenvalue weighted by atomic mass is 32.1. The van der Waals surface area contributed by atoms with E-state index < -0.39 is 0 Å². The van der Waals surface area contributed by atoms with E-state index in [2.05, 4.69) is 12.2 Å². The number of aryl methyl sites for hydroxylation is 1. The van der Waals surface area contributed by atoms with Gasteiger partial charge in [-0.3, -0.25) is 4.79 Å². The average Bonchev–Trinajstić information content (AvgIpc) is 2.37. The normalized spacial score (nSPS) is 9.83. The third kappa shape index (κ3) is 2.34. The molecule has 1 aromatic rings. The fourth-order valence-corrected chi connectivity index (χ4v) is 2.00. The summed E-state index contributed by atoms with van der Waals surface area (Å²) < 4.78 is 0. The van der Waals surface area contributed by atoms with Crippen molar-refractivity contribution in [1.82, 2.24) is 0 Å². The molecule has 1 N–H and O–H groups in total. The van der Waals surface area contributed by atoms with Crippen LogP contribution in [0.5, 0.6) is 0 Å². The zero-order chi connectivity index (χ0) is 8.97. The molecule has 12 heavy (non-hydrogen) atoms. The number of nitrogens with one attached hydrogen (secondary N) is 1. The van der Waals surface area contributed by atoms with E-state index >= 15 is 0 Å². The summed E-state index contributed by atoms with van der Waals surface area (Å²) in [4.78, 5) is 12.0. The van der Waals surface area contributed by atoms with Crippen LogP contribution in [0.15, 0.2) is 11.4 Å². The Hall–Kier alpha value is -0.830. The number of carbonyl (C=O) groups is 1. The first kappa shape index (κ1) is 9.26. The van der Waals surface area contributed by atoms with Crippen LogP contribution >= 0.6 is 11.3 Å². The topological polar surface area (TPSA) is 29.1 Å². The summed E-state index contributed by atoms with van der Waals surface area (Å²) in [6.07, 6.45) is 2.17. The zero-order valence-electron chi connectivity index (χ0n) is 7.39. The van der Waals surface area contributed by atoms with Crippen molar-refractivity contribution in [3.8, 4) is 0 Å². The lowest BCUT2D eigenvalue weighted by molar-refractivity contribution is -0.114. The quantitative estimate of drug-likeness (QED) is 0.767. The van der Waals surface area contributed by atoms with E-state index in [0.717, 1.165) is 18.5 Å². The first-order valence-electron chi connectivity index (χ1n) is 4.08. The highest BCUT2D eigenvalue weighted by molar-refractivity contribution is 7.10. The van der Waals surface area contributed by atoms with Gasteiger partial charge in [0.15, 0.2) is 0 Å². The lowest BCUT2D eigenvalue weighted by Crippen LogP contribution is -2.06. The lowest BCUT2D eigenvalue weighted by Gasteiger charge is -2.01. The monoisotopic (exact) mass is 183 g/mol. The average molecular weight is 183 g/mol. The number of hydrogen-bond donors (Lipinski definition) is 1. The second kappa shape index (κ2) is 4.26. The van der Waals surface area contributed by atoms with Crippen molar-refractivity contribution in [3.63, 3.8) is 0 Å². The minimum Gasteiger partial charge on any atom is -0.325 e. The molecule has 0 aliphatic carbocycles. The van der Waals surface area contributed by atoms with Gasteiger partial charge in [0.2, 0.25) is 5.91 Å². The van der Waals surface area contributed by atoms with E-state index in [0.29, 0.717) is 0 Å². The molecular weight excluding hydrogens is 170 g/mol. The van der Waals surface area contributed by atoms with E-state index in [-0.39, 0.29) is 5.91 Å². The standard InChI is InChI=1S/C9H13NOS/c1-3-4-9-8(5-6-12-9)10-7(2)11/h5-6H,3-4H2,1-2H3,(H,10,11).